The van der Waals surface area contributed by atoms with Gasteiger partial charge in [-0.15, -0.1) is 0 Å². The zero-order chi connectivity index (χ0) is 14.0. The monoisotopic (exact) mass is 285 g/mol. The number of carbonyl (C=O) groups is 1. The molecule has 19 heavy (non-hydrogen) atoms. The molecule has 104 valence electrons. The van der Waals surface area contributed by atoms with E-state index in [-0.39, 0.29) is 17.8 Å². The van der Waals surface area contributed by atoms with E-state index >= 15 is 0 Å². The highest BCUT2D eigenvalue weighted by Gasteiger charge is 2.29. The van der Waals surface area contributed by atoms with Gasteiger partial charge in [-0.05, 0) is 50.1 Å². The zero-order valence-electron chi connectivity index (χ0n) is 10.8. The summed E-state index contributed by atoms with van der Waals surface area (Å²) >= 11 is 6.05. The van der Waals surface area contributed by atoms with E-state index in [4.69, 9.17) is 16.7 Å². The predicted octanol–water partition coefficient (Wildman–Crippen LogP) is 3.16. The summed E-state index contributed by atoms with van der Waals surface area (Å²) in [5.74, 6) is -1.29. The molecular weight excluding hydrogens is 269 g/mol. The molecule has 1 N–H and O–H groups in total. The molecule has 0 bridgehead atoms. The Morgan fingerprint density at radius 3 is 2.95 bits per heavy atom. The highest BCUT2D eigenvalue weighted by molar-refractivity contribution is 6.31. The van der Waals surface area contributed by atoms with Gasteiger partial charge in [-0.25, -0.2) is 4.39 Å². The van der Waals surface area contributed by atoms with Crippen LogP contribution in [0.5, 0.6) is 0 Å². The minimum Gasteiger partial charge on any atom is -0.481 e. The number of hydrogen-bond donors (Lipinski definition) is 1. The van der Waals surface area contributed by atoms with Crippen LogP contribution in [0.2, 0.25) is 5.02 Å². The summed E-state index contributed by atoms with van der Waals surface area (Å²) in [5.41, 5.74) is 0.752. The van der Waals surface area contributed by atoms with Crippen molar-refractivity contribution < 1.29 is 14.3 Å². The summed E-state index contributed by atoms with van der Waals surface area (Å²) < 4.78 is 13.2. The van der Waals surface area contributed by atoms with Crippen LogP contribution in [0.1, 0.15) is 25.3 Å². The highest BCUT2D eigenvalue weighted by Crippen LogP contribution is 2.26. The van der Waals surface area contributed by atoms with Gasteiger partial charge in [0.2, 0.25) is 0 Å². The molecule has 0 saturated carbocycles. The van der Waals surface area contributed by atoms with Crippen LogP contribution in [0.4, 0.5) is 4.39 Å². The first-order valence-electron chi connectivity index (χ1n) is 6.38. The van der Waals surface area contributed by atoms with Crippen LogP contribution >= 0.6 is 11.6 Å². The first kappa shape index (κ1) is 14.3. The summed E-state index contributed by atoms with van der Waals surface area (Å²) in [6, 6.07) is 4.50. The summed E-state index contributed by atoms with van der Waals surface area (Å²) in [6.07, 6.45) is 1.26. The fourth-order valence-electron chi connectivity index (χ4n) is 2.56. The molecule has 0 aliphatic carbocycles. The molecule has 1 aliphatic heterocycles. The number of carboxylic acid groups (broad SMARTS) is 1. The molecule has 1 aromatic carbocycles. The summed E-state index contributed by atoms with van der Waals surface area (Å²) in [6.45, 7) is 3.26. The Morgan fingerprint density at radius 2 is 2.32 bits per heavy atom. The van der Waals surface area contributed by atoms with Crippen molar-refractivity contribution in [1.82, 2.24) is 4.90 Å². The molecule has 5 heteroatoms. The Bertz CT molecular complexity index is 481. The molecular formula is C14H17ClFNO2. The lowest BCUT2D eigenvalue weighted by Crippen LogP contribution is -2.42. The van der Waals surface area contributed by atoms with E-state index in [1.165, 1.54) is 12.1 Å². The zero-order valence-corrected chi connectivity index (χ0v) is 11.5. The number of rotatable bonds is 3. The van der Waals surface area contributed by atoms with Gasteiger partial charge in [-0.2, -0.15) is 0 Å². The Labute approximate surface area is 117 Å². The second-order valence-electron chi connectivity index (χ2n) is 5.11. The Kier molecular flexibility index (Phi) is 4.42. The van der Waals surface area contributed by atoms with Gasteiger partial charge in [0.25, 0.3) is 0 Å². The smallest absolute Gasteiger partial charge is 0.306 e. The van der Waals surface area contributed by atoms with Gasteiger partial charge in [0.1, 0.15) is 5.82 Å². The second-order valence-corrected chi connectivity index (χ2v) is 5.52. The van der Waals surface area contributed by atoms with E-state index in [1.807, 2.05) is 6.92 Å². The number of hydrogen-bond acceptors (Lipinski definition) is 2. The number of piperidine rings is 1. The normalized spacial score (nSPS) is 24.4. The van der Waals surface area contributed by atoms with E-state index in [1.54, 1.807) is 6.07 Å². The maximum absolute atomic E-state index is 13.2. The van der Waals surface area contributed by atoms with E-state index in [0.29, 0.717) is 31.0 Å². The molecule has 0 amide bonds. The second kappa shape index (κ2) is 5.88. The summed E-state index contributed by atoms with van der Waals surface area (Å²) in [7, 11) is 0. The maximum atomic E-state index is 13.2. The molecule has 0 aromatic heterocycles. The van der Waals surface area contributed by atoms with Gasteiger partial charge >= 0.3 is 5.97 Å². The first-order chi connectivity index (χ1) is 8.97. The summed E-state index contributed by atoms with van der Waals surface area (Å²) in [5, 5.41) is 9.57. The largest absolute Gasteiger partial charge is 0.481 e. The van der Waals surface area contributed by atoms with Crippen LogP contribution in [0.3, 0.4) is 0 Å². The van der Waals surface area contributed by atoms with E-state index in [9.17, 15) is 9.18 Å². The van der Waals surface area contributed by atoms with Gasteiger partial charge in [-0.1, -0.05) is 11.6 Å². The van der Waals surface area contributed by atoms with E-state index in [0.717, 1.165) is 5.56 Å². The topological polar surface area (TPSA) is 40.5 Å². The van der Waals surface area contributed by atoms with E-state index in [2.05, 4.69) is 4.90 Å². The van der Waals surface area contributed by atoms with Crippen LogP contribution in [0.25, 0.3) is 0 Å². The molecule has 1 aliphatic rings. The molecule has 1 saturated heterocycles. The molecule has 1 heterocycles. The third kappa shape index (κ3) is 3.45. The number of benzene rings is 1. The number of nitrogens with zero attached hydrogens (tertiary/aromatic N) is 1. The van der Waals surface area contributed by atoms with Crippen molar-refractivity contribution in [1.29, 1.82) is 0 Å². The van der Waals surface area contributed by atoms with Crippen molar-refractivity contribution in [3.8, 4) is 0 Å². The van der Waals surface area contributed by atoms with Crippen molar-refractivity contribution in [3.05, 3.63) is 34.6 Å². The lowest BCUT2D eigenvalue weighted by molar-refractivity contribution is -0.144. The van der Waals surface area contributed by atoms with Crippen molar-refractivity contribution in [2.75, 3.05) is 6.54 Å². The Hall–Kier alpha value is -1.13. The third-order valence-corrected chi connectivity index (χ3v) is 4.11. The summed E-state index contributed by atoms with van der Waals surface area (Å²) in [4.78, 5) is 13.1. The molecule has 0 radical (unpaired) electrons. The van der Waals surface area contributed by atoms with E-state index < -0.39 is 5.97 Å². The fourth-order valence-corrected chi connectivity index (χ4v) is 2.74. The average molecular weight is 286 g/mol. The minimum atomic E-state index is -0.727. The Balaban J connectivity index is 2.04. The van der Waals surface area contributed by atoms with Crippen LogP contribution in [-0.4, -0.2) is 28.6 Å². The van der Waals surface area contributed by atoms with Gasteiger partial charge in [0.05, 0.1) is 5.92 Å². The molecule has 2 unspecified atom stereocenters. The third-order valence-electron chi connectivity index (χ3n) is 3.74. The van der Waals surface area contributed by atoms with Crippen molar-refractivity contribution in [3.63, 3.8) is 0 Å². The number of halogens is 2. The highest BCUT2D eigenvalue weighted by atomic mass is 35.5. The number of carboxylic acids is 1. The molecule has 2 rings (SSSR count). The van der Waals surface area contributed by atoms with Crippen molar-refractivity contribution in [2.45, 2.75) is 32.4 Å². The van der Waals surface area contributed by atoms with Gasteiger partial charge in [0.15, 0.2) is 0 Å². The standard InChI is InChI=1S/C14H17ClFNO2/c1-9-6-10(14(18)19)4-5-17(9)8-11-7-12(16)2-3-13(11)15/h2-3,7,9-10H,4-6,8H2,1H3,(H,18,19). The predicted molar refractivity (Wildman–Crippen MR) is 71.6 cm³/mol. The first-order valence-corrected chi connectivity index (χ1v) is 6.76. The fraction of sp³-hybridized carbons (Fsp3) is 0.500. The lowest BCUT2D eigenvalue weighted by Gasteiger charge is -2.36. The number of likely N-dealkylation sites (tertiary alicyclic amines) is 1. The quantitative estimate of drug-likeness (QED) is 0.927. The maximum Gasteiger partial charge on any atom is 0.306 e. The van der Waals surface area contributed by atoms with Crippen LogP contribution in [0, 0.1) is 11.7 Å². The SMILES string of the molecule is CC1CC(C(=O)O)CCN1Cc1cc(F)ccc1Cl. The van der Waals surface area contributed by atoms with Gasteiger partial charge < -0.3 is 5.11 Å². The molecule has 1 aromatic rings. The Morgan fingerprint density at radius 1 is 1.58 bits per heavy atom. The van der Waals surface area contributed by atoms with Crippen LogP contribution in [0.15, 0.2) is 18.2 Å². The number of aliphatic carboxylic acids is 1. The van der Waals surface area contributed by atoms with Crippen molar-refractivity contribution >= 4 is 17.6 Å². The molecule has 2 atom stereocenters. The molecule has 3 nitrogen and oxygen atoms in total. The molecule has 0 spiro atoms. The van der Waals surface area contributed by atoms with Crippen LogP contribution < -0.4 is 0 Å². The average Bonchev–Trinajstić information content (AvgIpc) is 2.36. The van der Waals surface area contributed by atoms with Crippen LogP contribution in [-0.2, 0) is 11.3 Å². The van der Waals surface area contributed by atoms with Gasteiger partial charge in [-0.3, -0.25) is 9.69 Å². The molecule has 1 fully saturated rings. The minimum absolute atomic E-state index is 0.161. The van der Waals surface area contributed by atoms with Gasteiger partial charge in [0, 0.05) is 17.6 Å². The van der Waals surface area contributed by atoms with Crippen molar-refractivity contribution in [2.24, 2.45) is 5.92 Å². The lowest BCUT2D eigenvalue weighted by atomic mass is 9.91.